The first-order valence-corrected chi connectivity index (χ1v) is 9.06. The Bertz CT molecular complexity index is 773. The first-order valence-electron chi connectivity index (χ1n) is 9.06. The normalized spacial score (nSPS) is 12.9. The zero-order valence-electron chi connectivity index (χ0n) is 15.6. The van der Waals surface area contributed by atoms with E-state index in [2.05, 4.69) is 37.0 Å². The van der Waals surface area contributed by atoms with Gasteiger partial charge in [0.15, 0.2) is 11.8 Å². The lowest BCUT2D eigenvalue weighted by molar-refractivity contribution is 0.359. The van der Waals surface area contributed by atoms with Crippen LogP contribution in [0.2, 0.25) is 0 Å². The highest BCUT2D eigenvalue weighted by molar-refractivity contribution is 14.0. The van der Waals surface area contributed by atoms with E-state index in [1.165, 1.54) is 0 Å². The number of aryl methyl sites for hydroxylation is 1. The second-order valence-electron chi connectivity index (χ2n) is 6.04. The fourth-order valence-electron chi connectivity index (χ4n) is 2.93. The molecular weight excluding hydrogens is 455 g/mol. The number of ether oxygens (including phenoxy) is 1. The molecular formula is C19H27IN6O. The van der Waals surface area contributed by atoms with E-state index in [1.54, 1.807) is 6.08 Å². The van der Waals surface area contributed by atoms with Gasteiger partial charge in [-0.2, -0.15) is 0 Å². The standard InChI is InChI=1S/C19H26N6O.HI/c1-3-12-26-16-9-6-5-8-15(16)13-21-19(20-4-2)22-14-18-24-23-17-10-7-11-25(17)18;/h3,5-6,8-9H,1,4,7,10-14H2,2H3,(H2,20,21,22);1H. The number of benzene rings is 1. The molecule has 1 aromatic heterocycles. The Morgan fingerprint density at radius 1 is 1.33 bits per heavy atom. The van der Waals surface area contributed by atoms with Crippen molar-refractivity contribution >= 4 is 29.9 Å². The summed E-state index contributed by atoms with van der Waals surface area (Å²) < 4.78 is 7.89. The number of nitrogens with one attached hydrogen (secondary N) is 2. The number of para-hydroxylation sites is 1. The Balaban J connectivity index is 0.00000261. The number of halogens is 1. The van der Waals surface area contributed by atoms with Crippen LogP contribution in [-0.2, 0) is 26.1 Å². The topological polar surface area (TPSA) is 76.4 Å². The summed E-state index contributed by atoms with van der Waals surface area (Å²) in [7, 11) is 0. The summed E-state index contributed by atoms with van der Waals surface area (Å²) in [5.41, 5.74) is 1.04. The first kappa shape index (κ1) is 21.2. The third-order valence-electron chi connectivity index (χ3n) is 4.18. The predicted octanol–water partition coefficient (Wildman–Crippen LogP) is 2.66. The van der Waals surface area contributed by atoms with Gasteiger partial charge in [-0.3, -0.25) is 0 Å². The van der Waals surface area contributed by atoms with Crippen molar-refractivity contribution in [3.8, 4) is 5.75 Å². The van der Waals surface area contributed by atoms with Crippen molar-refractivity contribution in [1.82, 2.24) is 25.4 Å². The summed E-state index contributed by atoms with van der Waals surface area (Å²) in [4.78, 5) is 4.68. The zero-order chi connectivity index (χ0) is 18.2. The Hall–Kier alpha value is -2.10. The third-order valence-corrected chi connectivity index (χ3v) is 4.18. The van der Waals surface area contributed by atoms with Gasteiger partial charge in [0.25, 0.3) is 0 Å². The van der Waals surface area contributed by atoms with Crippen molar-refractivity contribution in [1.29, 1.82) is 0 Å². The molecule has 1 aliphatic heterocycles. The van der Waals surface area contributed by atoms with Crippen LogP contribution in [0.15, 0.2) is 41.9 Å². The van der Waals surface area contributed by atoms with E-state index in [0.717, 1.165) is 54.9 Å². The Morgan fingerprint density at radius 2 is 2.19 bits per heavy atom. The lowest BCUT2D eigenvalue weighted by Gasteiger charge is -2.12. The summed E-state index contributed by atoms with van der Waals surface area (Å²) in [6.07, 6.45) is 3.90. The van der Waals surface area contributed by atoms with Crippen molar-refractivity contribution < 1.29 is 4.74 Å². The van der Waals surface area contributed by atoms with Gasteiger partial charge < -0.3 is 19.9 Å². The number of aliphatic imine (C=N–C) groups is 1. The highest BCUT2D eigenvalue weighted by Gasteiger charge is 2.17. The average molecular weight is 482 g/mol. The van der Waals surface area contributed by atoms with Gasteiger partial charge in [0.05, 0.1) is 13.1 Å². The fourth-order valence-corrected chi connectivity index (χ4v) is 2.93. The van der Waals surface area contributed by atoms with Crippen LogP contribution in [-0.4, -0.2) is 33.9 Å². The monoisotopic (exact) mass is 482 g/mol. The average Bonchev–Trinajstić information content (AvgIpc) is 3.27. The molecule has 2 heterocycles. The molecule has 3 rings (SSSR count). The molecule has 7 nitrogen and oxygen atoms in total. The number of aromatic nitrogens is 3. The first-order chi connectivity index (χ1) is 12.8. The van der Waals surface area contributed by atoms with E-state index < -0.39 is 0 Å². The van der Waals surface area contributed by atoms with Gasteiger partial charge in [0.2, 0.25) is 0 Å². The lowest BCUT2D eigenvalue weighted by atomic mass is 10.2. The third kappa shape index (κ3) is 5.69. The van der Waals surface area contributed by atoms with Crippen molar-refractivity contribution in [2.45, 2.75) is 39.4 Å². The summed E-state index contributed by atoms with van der Waals surface area (Å²) in [6, 6.07) is 7.93. The number of guanidine groups is 1. The molecule has 0 atom stereocenters. The Labute approximate surface area is 177 Å². The minimum atomic E-state index is 0. The van der Waals surface area contributed by atoms with Crippen molar-refractivity contribution in [3.05, 3.63) is 54.1 Å². The molecule has 1 aromatic carbocycles. The van der Waals surface area contributed by atoms with Crippen LogP contribution < -0.4 is 15.4 Å². The molecule has 1 aliphatic rings. The number of fused-ring (bicyclic) bond motifs is 1. The maximum atomic E-state index is 5.70. The van der Waals surface area contributed by atoms with Crippen molar-refractivity contribution in [3.63, 3.8) is 0 Å². The van der Waals surface area contributed by atoms with Gasteiger partial charge in [-0.1, -0.05) is 30.9 Å². The molecule has 0 radical (unpaired) electrons. The number of nitrogens with zero attached hydrogens (tertiary/aromatic N) is 4. The van der Waals surface area contributed by atoms with Crippen LogP contribution >= 0.6 is 24.0 Å². The van der Waals surface area contributed by atoms with Crippen LogP contribution in [0.25, 0.3) is 0 Å². The minimum Gasteiger partial charge on any atom is -0.489 e. The molecule has 0 aliphatic carbocycles. The van der Waals surface area contributed by atoms with Gasteiger partial charge in [0.1, 0.15) is 18.2 Å². The predicted molar refractivity (Wildman–Crippen MR) is 118 cm³/mol. The van der Waals surface area contributed by atoms with E-state index in [-0.39, 0.29) is 24.0 Å². The van der Waals surface area contributed by atoms with E-state index in [0.29, 0.717) is 19.7 Å². The zero-order valence-corrected chi connectivity index (χ0v) is 18.0. The highest BCUT2D eigenvalue weighted by Crippen LogP contribution is 2.19. The maximum Gasteiger partial charge on any atom is 0.191 e. The molecule has 0 bridgehead atoms. The number of rotatable bonds is 8. The van der Waals surface area contributed by atoms with Gasteiger partial charge in [-0.15, -0.1) is 34.2 Å². The molecule has 0 spiro atoms. The van der Waals surface area contributed by atoms with Crippen LogP contribution in [0.1, 0.15) is 30.6 Å². The molecule has 27 heavy (non-hydrogen) atoms. The minimum absolute atomic E-state index is 0. The maximum absolute atomic E-state index is 5.70. The summed E-state index contributed by atoms with van der Waals surface area (Å²) in [5.74, 6) is 3.62. The van der Waals surface area contributed by atoms with E-state index in [1.807, 2.05) is 31.2 Å². The van der Waals surface area contributed by atoms with Gasteiger partial charge in [-0.25, -0.2) is 4.99 Å². The van der Waals surface area contributed by atoms with Gasteiger partial charge in [-0.05, 0) is 19.4 Å². The molecule has 2 N–H and O–H groups in total. The molecule has 146 valence electrons. The van der Waals surface area contributed by atoms with Crippen LogP contribution in [0.3, 0.4) is 0 Å². The van der Waals surface area contributed by atoms with Crippen molar-refractivity contribution in [2.24, 2.45) is 4.99 Å². The van der Waals surface area contributed by atoms with Crippen LogP contribution in [0, 0.1) is 0 Å². The molecule has 8 heteroatoms. The summed E-state index contributed by atoms with van der Waals surface area (Å²) in [5, 5.41) is 15.1. The van der Waals surface area contributed by atoms with Crippen LogP contribution in [0.5, 0.6) is 5.75 Å². The largest absolute Gasteiger partial charge is 0.489 e. The molecule has 2 aromatic rings. The Morgan fingerprint density at radius 3 is 3.00 bits per heavy atom. The molecule has 0 unspecified atom stereocenters. The second-order valence-corrected chi connectivity index (χ2v) is 6.04. The second kappa shape index (κ2) is 10.9. The molecule has 0 saturated carbocycles. The van der Waals surface area contributed by atoms with E-state index in [9.17, 15) is 0 Å². The fraction of sp³-hybridized carbons (Fsp3) is 0.421. The van der Waals surface area contributed by atoms with E-state index >= 15 is 0 Å². The molecule has 0 amide bonds. The lowest BCUT2D eigenvalue weighted by Crippen LogP contribution is -2.37. The van der Waals surface area contributed by atoms with Crippen LogP contribution in [0.4, 0.5) is 0 Å². The SMILES string of the molecule is C=CCOc1ccccc1CN=C(NCC)NCc1nnc2n1CCC2.I. The quantitative estimate of drug-likeness (QED) is 0.262. The number of hydrogen-bond acceptors (Lipinski definition) is 4. The van der Waals surface area contributed by atoms with E-state index in [4.69, 9.17) is 4.74 Å². The number of hydrogen-bond donors (Lipinski definition) is 2. The van der Waals surface area contributed by atoms with Gasteiger partial charge >= 0.3 is 0 Å². The van der Waals surface area contributed by atoms with Gasteiger partial charge in [0, 0.05) is 25.1 Å². The Kier molecular flexibility index (Phi) is 8.56. The summed E-state index contributed by atoms with van der Waals surface area (Å²) in [6.45, 7) is 9.15. The smallest absolute Gasteiger partial charge is 0.191 e. The molecule has 0 fully saturated rings. The van der Waals surface area contributed by atoms with Crippen molar-refractivity contribution in [2.75, 3.05) is 13.2 Å². The summed E-state index contributed by atoms with van der Waals surface area (Å²) >= 11 is 0. The highest BCUT2D eigenvalue weighted by atomic mass is 127. The molecule has 0 saturated heterocycles.